The number of hydrogen-bond acceptors (Lipinski definition) is 5. The molecule has 0 saturated carbocycles. The number of ether oxygens (including phenoxy) is 3. The average molecular weight is 285 g/mol. The summed E-state index contributed by atoms with van der Waals surface area (Å²) in [6.07, 6.45) is 6.57. The van der Waals surface area contributed by atoms with Crippen molar-refractivity contribution in [3.63, 3.8) is 0 Å². The first-order valence-corrected chi connectivity index (χ1v) is 6.19. The van der Waals surface area contributed by atoms with E-state index in [-0.39, 0.29) is 12.2 Å². The molecule has 0 unspecified atom stereocenters. The normalized spacial score (nSPS) is 10.2. The zero-order valence-electron chi connectivity index (χ0n) is 11.9. The molecule has 108 valence electrons. The maximum Gasteiger partial charge on any atom is 0.348 e. The van der Waals surface area contributed by atoms with E-state index >= 15 is 0 Å². The van der Waals surface area contributed by atoms with E-state index in [2.05, 4.69) is 10.7 Å². The van der Waals surface area contributed by atoms with Gasteiger partial charge in [0.1, 0.15) is 18.2 Å². The quantitative estimate of drug-likeness (QED) is 0.347. The number of carbonyl (C=O) groups excluding carboxylic acids is 1. The van der Waals surface area contributed by atoms with Crippen molar-refractivity contribution in [2.45, 2.75) is 6.92 Å². The molecule has 0 spiro atoms. The number of rotatable bonds is 6. The van der Waals surface area contributed by atoms with E-state index in [0.717, 1.165) is 0 Å². The molecule has 0 aliphatic heterocycles. The molecule has 0 saturated heterocycles. The Labute approximate surface area is 123 Å². The lowest BCUT2D eigenvalue weighted by molar-refractivity contribution is -0.135. The Balaban J connectivity index is 3.13. The Morgan fingerprint density at radius 3 is 2.71 bits per heavy atom. The Kier molecular flexibility index (Phi) is 6.37. The molecule has 0 amide bonds. The number of benzene rings is 1. The summed E-state index contributed by atoms with van der Waals surface area (Å²) in [4.78, 5) is 11.4. The van der Waals surface area contributed by atoms with E-state index in [4.69, 9.17) is 21.2 Å². The molecule has 0 aromatic heterocycles. The Bertz CT molecular complexity index is 620. The summed E-state index contributed by atoms with van der Waals surface area (Å²) in [7, 11) is 1.22. The van der Waals surface area contributed by atoms with Crippen molar-refractivity contribution in [2.24, 2.45) is 0 Å². The van der Waals surface area contributed by atoms with Crippen LogP contribution in [0.5, 0.6) is 11.5 Å². The van der Waals surface area contributed by atoms with Crippen LogP contribution in [-0.2, 0) is 9.53 Å². The van der Waals surface area contributed by atoms with Crippen LogP contribution in [0.4, 0.5) is 0 Å². The molecule has 5 nitrogen and oxygen atoms in total. The number of nitriles is 1. The van der Waals surface area contributed by atoms with Gasteiger partial charge in [0.05, 0.1) is 13.7 Å². The van der Waals surface area contributed by atoms with Gasteiger partial charge in [-0.15, -0.1) is 6.42 Å². The van der Waals surface area contributed by atoms with Crippen molar-refractivity contribution in [3.05, 3.63) is 29.3 Å². The molecule has 0 fully saturated rings. The van der Waals surface area contributed by atoms with Gasteiger partial charge in [-0.2, -0.15) is 5.26 Å². The van der Waals surface area contributed by atoms with Crippen molar-refractivity contribution >= 4 is 12.0 Å². The topological polar surface area (TPSA) is 68.5 Å². The summed E-state index contributed by atoms with van der Waals surface area (Å²) in [6.45, 7) is 2.41. The van der Waals surface area contributed by atoms with Crippen LogP contribution < -0.4 is 9.47 Å². The Morgan fingerprint density at radius 2 is 2.14 bits per heavy atom. The fraction of sp³-hybridized carbons (Fsp3) is 0.250. The standard InChI is InChI=1S/C16H15NO4/c1-4-8-21-14-7-6-12(10-15(14)20-5-2)9-13(11-17)16(18)19-3/h1,6-7,9-10H,5,8H2,2-3H3/b13-9+. The number of esters is 1. The SMILES string of the molecule is C#CCOc1ccc(/C=C(\C#N)C(=O)OC)cc1OCC. The van der Waals surface area contributed by atoms with Gasteiger partial charge in [0.2, 0.25) is 0 Å². The first kappa shape index (κ1) is 16.1. The smallest absolute Gasteiger partial charge is 0.348 e. The van der Waals surface area contributed by atoms with E-state index in [1.807, 2.05) is 6.92 Å². The van der Waals surface area contributed by atoms with Gasteiger partial charge in [0.15, 0.2) is 11.5 Å². The lowest BCUT2D eigenvalue weighted by atomic mass is 10.1. The summed E-state index contributed by atoms with van der Waals surface area (Å²) >= 11 is 0. The molecular formula is C16H15NO4. The zero-order valence-corrected chi connectivity index (χ0v) is 11.9. The van der Waals surface area contributed by atoms with Crippen LogP contribution in [0.15, 0.2) is 23.8 Å². The predicted octanol–water partition coefficient (Wildman–Crippen LogP) is 2.18. The van der Waals surface area contributed by atoms with Gasteiger partial charge in [-0.25, -0.2) is 4.79 Å². The molecule has 0 heterocycles. The van der Waals surface area contributed by atoms with E-state index < -0.39 is 5.97 Å². The lowest BCUT2D eigenvalue weighted by Gasteiger charge is -2.11. The number of terminal acetylenes is 1. The lowest BCUT2D eigenvalue weighted by Crippen LogP contribution is -2.03. The van der Waals surface area contributed by atoms with Crippen molar-refractivity contribution in [1.29, 1.82) is 5.26 Å². The van der Waals surface area contributed by atoms with Gasteiger partial charge in [0.25, 0.3) is 0 Å². The van der Waals surface area contributed by atoms with E-state index in [1.54, 1.807) is 24.3 Å². The third-order valence-electron chi connectivity index (χ3n) is 2.42. The van der Waals surface area contributed by atoms with Crippen molar-refractivity contribution < 1.29 is 19.0 Å². The van der Waals surface area contributed by atoms with Crippen LogP contribution in [-0.4, -0.2) is 26.3 Å². The fourth-order valence-electron chi connectivity index (χ4n) is 1.53. The summed E-state index contributed by atoms with van der Waals surface area (Å²) in [5, 5.41) is 8.94. The molecule has 5 heteroatoms. The molecule has 0 N–H and O–H groups in total. The van der Waals surface area contributed by atoms with Crippen molar-refractivity contribution in [2.75, 3.05) is 20.3 Å². The maximum absolute atomic E-state index is 11.4. The third-order valence-corrected chi connectivity index (χ3v) is 2.42. The van der Waals surface area contributed by atoms with Gasteiger partial charge >= 0.3 is 5.97 Å². The monoisotopic (exact) mass is 285 g/mol. The zero-order chi connectivity index (χ0) is 15.7. The van der Waals surface area contributed by atoms with Gasteiger partial charge in [-0.3, -0.25) is 0 Å². The van der Waals surface area contributed by atoms with Crippen LogP contribution in [0.3, 0.4) is 0 Å². The van der Waals surface area contributed by atoms with Crippen LogP contribution in [0.2, 0.25) is 0 Å². The minimum absolute atomic E-state index is 0.0998. The number of methoxy groups -OCH3 is 1. The van der Waals surface area contributed by atoms with Gasteiger partial charge in [0, 0.05) is 0 Å². The number of nitrogens with zero attached hydrogens (tertiary/aromatic N) is 1. The third kappa shape index (κ3) is 4.59. The highest BCUT2D eigenvalue weighted by molar-refractivity contribution is 5.97. The first-order valence-electron chi connectivity index (χ1n) is 6.19. The van der Waals surface area contributed by atoms with Crippen LogP contribution in [0.25, 0.3) is 6.08 Å². The van der Waals surface area contributed by atoms with Crippen LogP contribution in [0.1, 0.15) is 12.5 Å². The minimum Gasteiger partial charge on any atom is -0.490 e. The van der Waals surface area contributed by atoms with Gasteiger partial charge in [-0.1, -0.05) is 12.0 Å². The molecule has 0 atom stereocenters. The summed E-state index contributed by atoms with van der Waals surface area (Å²) in [6, 6.07) is 6.81. The van der Waals surface area contributed by atoms with Crippen molar-refractivity contribution in [1.82, 2.24) is 0 Å². The number of carbonyl (C=O) groups is 1. The molecule has 0 aliphatic carbocycles. The first-order chi connectivity index (χ1) is 10.2. The second kappa shape index (κ2) is 8.29. The van der Waals surface area contributed by atoms with Crippen molar-refractivity contribution in [3.8, 4) is 29.9 Å². The highest BCUT2D eigenvalue weighted by Gasteiger charge is 2.10. The molecule has 1 aromatic carbocycles. The van der Waals surface area contributed by atoms with E-state index in [0.29, 0.717) is 23.7 Å². The van der Waals surface area contributed by atoms with E-state index in [9.17, 15) is 4.79 Å². The Morgan fingerprint density at radius 1 is 1.38 bits per heavy atom. The van der Waals surface area contributed by atoms with Gasteiger partial charge in [-0.05, 0) is 30.7 Å². The molecule has 1 aromatic rings. The highest BCUT2D eigenvalue weighted by Crippen LogP contribution is 2.29. The van der Waals surface area contributed by atoms with Crippen LogP contribution >= 0.6 is 0 Å². The minimum atomic E-state index is -0.692. The molecular weight excluding hydrogens is 270 g/mol. The average Bonchev–Trinajstić information content (AvgIpc) is 2.51. The Hall–Kier alpha value is -2.92. The molecule has 0 radical (unpaired) electrons. The van der Waals surface area contributed by atoms with Gasteiger partial charge < -0.3 is 14.2 Å². The maximum atomic E-state index is 11.4. The highest BCUT2D eigenvalue weighted by atomic mass is 16.5. The number of hydrogen-bond donors (Lipinski definition) is 0. The molecule has 1 rings (SSSR count). The fourth-order valence-corrected chi connectivity index (χ4v) is 1.53. The molecule has 21 heavy (non-hydrogen) atoms. The summed E-state index contributed by atoms with van der Waals surface area (Å²) < 4.78 is 15.3. The molecule has 0 bridgehead atoms. The second-order valence-corrected chi connectivity index (χ2v) is 3.79. The largest absolute Gasteiger partial charge is 0.490 e. The summed E-state index contributed by atoms with van der Waals surface area (Å²) in [5.41, 5.74) is 0.519. The van der Waals surface area contributed by atoms with Crippen LogP contribution in [0, 0.1) is 23.7 Å². The molecule has 0 aliphatic rings. The van der Waals surface area contributed by atoms with E-state index in [1.165, 1.54) is 13.2 Å². The summed E-state index contributed by atoms with van der Waals surface area (Å²) in [5.74, 6) is 2.67. The predicted molar refractivity (Wildman–Crippen MR) is 77.5 cm³/mol. The second-order valence-electron chi connectivity index (χ2n) is 3.79.